The molecule has 7 aliphatic heterocycles. The molecule has 0 saturated heterocycles. The number of ether oxygens (including phenoxy) is 2. The molecule has 0 N–H and O–H groups in total. The molecule has 1 spiro atoms. The number of fused-ring (bicyclic) bond motifs is 7. The van der Waals surface area contributed by atoms with Crippen molar-refractivity contribution in [3.63, 3.8) is 0 Å². The number of nitrogens with zero attached hydrogens (tertiary/aromatic N) is 6. The van der Waals surface area contributed by atoms with Crippen LogP contribution in [0.5, 0.6) is 11.5 Å². The number of hydrogen-bond donors (Lipinski definition) is 0. The van der Waals surface area contributed by atoms with E-state index in [2.05, 4.69) is 21.9 Å². The van der Waals surface area contributed by atoms with Crippen LogP contribution >= 0.6 is 0 Å². The molecule has 0 aliphatic carbocycles. The Bertz CT molecular complexity index is 1870. The molecule has 0 atom stereocenters. The van der Waals surface area contributed by atoms with E-state index in [1.165, 1.54) is 45.8 Å². The molecule has 7 heterocycles. The molecule has 0 bridgehead atoms. The topological polar surface area (TPSA) is 117 Å². The van der Waals surface area contributed by atoms with Gasteiger partial charge in [0, 0.05) is 48.7 Å². The highest BCUT2D eigenvalue weighted by molar-refractivity contribution is 5.90. The fourth-order valence-corrected chi connectivity index (χ4v) is 8.86. The molecule has 12 heteroatoms. The van der Waals surface area contributed by atoms with Gasteiger partial charge in [0.05, 0.1) is 21.0 Å². The quantitative estimate of drug-likeness (QED) is 0.231. The molecule has 7 aliphatic rings. The molecule has 0 saturated carbocycles. The van der Waals surface area contributed by atoms with Crippen LogP contribution in [0.25, 0.3) is 0 Å². The summed E-state index contributed by atoms with van der Waals surface area (Å²) in [6, 6.07) is 5.37. The monoisotopic (exact) mass is 606 g/mol. The van der Waals surface area contributed by atoms with Crippen molar-refractivity contribution in [1.82, 2.24) is 0 Å². The molecule has 12 nitrogen and oxygen atoms in total. The number of rotatable bonds is 2. The maximum atomic E-state index is 12.1. The largest absolute Gasteiger partial charge is 0.715 e. The summed E-state index contributed by atoms with van der Waals surface area (Å²) in [6.45, 7) is 4.08. The maximum absolute atomic E-state index is 12.1. The maximum Gasteiger partial charge on any atom is 0.715 e. The van der Waals surface area contributed by atoms with E-state index in [9.17, 15) is 20.2 Å². The molecule has 0 amide bonds. The number of hydrogen-bond acceptors (Lipinski definition) is 8. The SMILES string of the molecule is O=[N+]([O-])c1cc2c(cc1[N+](=O)[O-])[N+]1=Cc3cc4c5c(c3OC13Oc1c(cc6c7c1CCCN7CCC6)C=[N+]23)CCCN5CCC4. The molecular weight excluding hydrogens is 576 g/mol. The molecule has 3 aromatic rings. The number of nitro benzene ring substituents is 2. The van der Waals surface area contributed by atoms with Gasteiger partial charge in [-0.3, -0.25) is 20.2 Å². The first-order valence-corrected chi connectivity index (χ1v) is 15.9. The highest BCUT2D eigenvalue weighted by atomic mass is 16.7. The summed E-state index contributed by atoms with van der Waals surface area (Å²) < 4.78 is 17.9. The van der Waals surface area contributed by atoms with Gasteiger partial charge in [0.2, 0.25) is 0 Å². The number of nitro groups is 2. The molecule has 0 fully saturated rings. The Morgan fingerprint density at radius 1 is 0.644 bits per heavy atom. The average Bonchev–Trinajstić information content (AvgIpc) is 3.31. The van der Waals surface area contributed by atoms with Crippen molar-refractivity contribution in [3.8, 4) is 11.5 Å². The standard InChI is InChI=1S/C33H30N6O6/c40-38(41)27-15-25-26(16-28(27)39(42)43)37-18-22-14-20-6-2-10-35-12-4-8-24(30(20)35)32(22)45-33(37)36(25)17-21-13-19-5-1-9-34-11-3-7-23(29(19)34)31(21)44-33/h13-18H,1-12H2/q+2. The van der Waals surface area contributed by atoms with Gasteiger partial charge in [-0.1, -0.05) is 0 Å². The van der Waals surface area contributed by atoms with E-state index in [4.69, 9.17) is 9.47 Å². The molecule has 0 radical (unpaired) electrons. The Labute approximate surface area is 257 Å². The molecular formula is C33H30N6O6+2. The van der Waals surface area contributed by atoms with Crippen LogP contribution < -0.4 is 19.3 Å². The van der Waals surface area contributed by atoms with Gasteiger partial charge in [-0.2, -0.15) is 0 Å². The van der Waals surface area contributed by atoms with Gasteiger partial charge in [-0.05, 0) is 83.8 Å². The lowest BCUT2D eigenvalue weighted by Gasteiger charge is -2.40. The number of anilines is 2. The molecule has 0 unspecified atom stereocenters. The van der Waals surface area contributed by atoms with Crippen LogP contribution in [0, 0.1) is 20.2 Å². The van der Waals surface area contributed by atoms with Gasteiger partial charge in [-0.15, -0.1) is 0 Å². The van der Waals surface area contributed by atoms with Crippen LogP contribution in [0.1, 0.15) is 59.1 Å². The van der Waals surface area contributed by atoms with E-state index >= 15 is 0 Å². The van der Waals surface area contributed by atoms with Gasteiger partial charge < -0.3 is 19.3 Å². The van der Waals surface area contributed by atoms with Gasteiger partial charge in [0.15, 0.2) is 23.9 Å². The molecule has 0 aromatic heterocycles. The summed E-state index contributed by atoms with van der Waals surface area (Å²) in [7, 11) is 0. The fraction of sp³-hybridized carbons (Fsp3) is 0.394. The van der Waals surface area contributed by atoms with E-state index in [1.54, 1.807) is 9.15 Å². The zero-order valence-electron chi connectivity index (χ0n) is 24.6. The van der Waals surface area contributed by atoms with E-state index < -0.39 is 27.3 Å². The normalized spacial score (nSPS) is 20.4. The van der Waals surface area contributed by atoms with Crippen LogP contribution in [0.2, 0.25) is 0 Å². The average molecular weight is 607 g/mol. The van der Waals surface area contributed by atoms with Crippen molar-refractivity contribution >= 4 is 46.6 Å². The first-order valence-electron chi connectivity index (χ1n) is 15.9. The predicted octanol–water partition coefficient (Wildman–Crippen LogP) is 4.84. The fourth-order valence-electron chi connectivity index (χ4n) is 8.86. The van der Waals surface area contributed by atoms with Crippen molar-refractivity contribution in [3.05, 3.63) is 77.9 Å². The van der Waals surface area contributed by atoms with Crippen LogP contribution in [0.3, 0.4) is 0 Å². The Kier molecular flexibility index (Phi) is 4.83. The Morgan fingerprint density at radius 2 is 1.07 bits per heavy atom. The lowest BCUT2D eigenvalue weighted by atomic mass is 9.88. The zero-order chi connectivity index (χ0) is 30.2. The van der Waals surface area contributed by atoms with E-state index in [0.717, 1.165) is 100 Å². The Morgan fingerprint density at radius 3 is 1.49 bits per heavy atom. The second-order valence-electron chi connectivity index (χ2n) is 13.0. The van der Waals surface area contributed by atoms with Gasteiger partial charge in [0.25, 0.3) is 11.4 Å². The summed E-state index contributed by atoms with van der Waals surface area (Å²) in [5.74, 6) is 1.51. The van der Waals surface area contributed by atoms with Crippen molar-refractivity contribution < 1.29 is 28.5 Å². The third-order valence-corrected chi connectivity index (χ3v) is 10.6. The lowest BCUT2D eigenvalue weighted by molar-refractivity contribution is -0.831. The molecule has 10 rings (SSSR count). The van der Waals surface area contributed by atoms with Gasteiger partial charge >= 0.3 is 17.4 Å². The number of aryl methyl sites for hydroxylation is 2. The second kappa shape index (κ2) is 8.58. The minimum absolute atomic E-state index is 0.426. The number of benzene rings is 3. The third kappa shape index (κ3) is 3.21. The van der Waals surface area contributed by atoms with Crippen molar-refractivity contribution in [2.24, 2.45) is 0 Å². The molecule has 226 valence electrons. The Balaban J connectivity index is 1.26. The van der Waals surface area contributed by atoms with Crippen molar-refractivity contribution in [2.45, 2.75) is 57.4 Å². The minimum Gasteiger partial charge on any atom is -0.371 e. The lowest BCUT2D eigenvalue weighted by Crippen LogP contribution is -2.59. The molecule has 3 aromatic carbocycles. The molecule has 45 heavy (non-hydrogen) atoms. The van der Waals surface area contributed by atoms with Crippen LogP contribution in [-0.2, 0) is 25.7 Å². The summed E-state index contributed by atoms with van der Waals surface area (Å²) in [5, 5.41) is 24.2. The van der Waals surface area contributed by atoms with E-state index in [0.29, 0.717) is 11.4 Å². The predicted molar refractivity (Wildman–Crippen MR) is 165 cm³/mol. The summed E-state index contributed by atoms with van der Waals surface area (Å²) in [5.41, 5.74) is 8.92. The first kappa shape index (κ1) is 25.3. The minimum atomic E-state index is -1.57. The zero-order valence-corrected chi connectivity index (χ0v) is 24.6. The van der Waals surface area contributed by atoms with Gasteiger partial charge in [0.1, 0.15) is 12.1 Å². The second-order valence-corrected chi connectivity index (χ2v) is 13.0. The highest BCUT2D eigenvalue weighted by Crippen LogP contribution is 2.55. The van der Waals surface area contributed by atoms with Crippen LogP contribution in [-0.4, -0.2) is 63.6 Å². The van der Waals surface area contributed by atoms with Crippen LogP contribution in [0.15, 0.2) is 24.3 Å². The highest BCUT2D eigenvalue weighted by Gasteiger charge is 2.74. The summed E-state index contributed by atoms with van der Waals surface area (Å²) >= 11 is 0. The van der Waals surface area contributed by atoms with Crippen LogP contribution in [0.4, 0.5) is 34.1 Å². The first-order chi connectivity index (χ1) is 21.9. The Hall–Kier alpha value is -5.00. The third-order valence-electron chi connectivity index (χ3n) is 10.6. The summed E-state index contributed by atoms with van der Waals surface area (Å²) in [4.78, 5) is 27.8. The van der Waals surface area contributed by atoms with Crippen molar-refractivity contribution in [2.75, 3.05) is 36.0 Å². The van der Waals surface area contributed by atoms with Crippen molar-refractivity contribution in [1.29, 1.82) is 0 Å². The summed E-state index contributed by atoms with van der Waals surface area (Å²) in [6.07, 6.45) is 11.9. The van der Waals surface area contributed by atoms with Gasteiger partial charge in [-0.25, -0.2) is 0 Å². The van der Waals surface area contributed by atoms with E-state index in [-0.39, 0.29) is 0 Å². The van der Waals surface area contributed by atoms with E-state index in [1.807, 2.05) is 12.4 Å². The smallest absolute Gasteiger partial charge is 0.371 e.